The van der Waals surface area contributed by atoms with E-state index in [4.69, 9.17) is 0 Å². The molecule has 0 amide bonds. The van der Waals surface area contributed by atoms with Gasteiger partial charge in [-0.05, 0) is 18.2 Å². The topological polar surface area (TPSA) is 65.9 Å². The fourth-order valence-corrected chi connectivity index (χ4v) is 1.95. The molecule has 3 rings (SSSR count). The summed E-state index contributed by atoms with van der Waals surface area (Å²) in [6.45, 7) is 0. The summed E-state index contributed by atoms with van der Waals surface area (Å²) in [4.78, 5) is 14.5. The molecule has 6 heteroatoms. The van der Waals surface area contributed by atoms with Crippen LogP contribution in [0.3, 0.4) is 0 Å². The summed E-state index contributed by atoms with van der Waals surface area (Å²) in [5, 5.41) is 10.9. The van der Waals surface area contributed by atoms with Crippen LogP contribution in [-0.4, -0.2) is 19.0 Å². The van der Waals surface area contributed by atoms with Crippen molar-refractivity contribution in [2.75, 3.05) is 0 Å². The smallest absolute Gasteiger partial charge is 0.271 e. The van der Waals surface area contributed by atoms with Crippen LogP contribution in [0.4, 0.5) is 5.69 Å². The number of benzene rings is 1. The molecule has 0 aliphatic heterocycles. The number of aromatic nitrogens is 3. The molecular weight excluding hydrogens is 244 g/mol. The van der Waals surface area contributed by atoms with E-state index >= 15 is 0 Å². The Morgan fingerprint density at radius 1 is 1.05 bits per heavy atom. The van der Waals surface area contributed by atoms with E-state index in [-0.39, 0.29) is 5.69 Å². The molecule has 0 spiro atoms. The maximum Gasteiger partial charge on any atom is 0.271 e. The van der Waals surface area contributed by atoms with E-state index in [0.717, 1.165) is 11.4 Å². The normalized spacial score (nSPS) is 10.5. The lowest BCUT2D eigenvalue weighted by molar-refractivity contribution is -0.384. The second-order valence-corrected chi connectivity index (χ2v) is 3.99. The Bertz CT molecular complexity index is 702. The summed E-state index contributed by atoms with van der Waals surface area (Å²) >= 11 is 0. The summed E-state index contributed by atoms with van der Waals surface area (Å²) in [7, 11) is 0. The molecule has 0 saturated carbocycles. The van der Waals surface area contributed by atoms with Gasteiger partial charge in [0.05, 0.1) is 22.6 Å². The molecule has 0 aliphatic rings. The van der Waals surface area contributed by atoms with Crippen LogP contribution in [0.25, 0.3) is 11.4 Å². The first kappa shape index (κ1) is 11.2. The van der Waals surface area contributed by atoms with Gasteiger partial charge in [-0.15, -0.1) is 0 Å². The third kappa shape index (κ3) is 1.99. The largest absolute Gasteiger partial charge is 0.322 e. The van der Waals surface area contributed by atoms with Crippen molar-refractivity contribution in [2.45, 2.75) is 0 Å². The van der Waals surface area contributed by atoms with Crippen LogP contribution in [0.15, 0.2) is 61.4 Å². The summed E-state index contributed by atoms with van der Waals surface area (Å²) < 4.78 is 3.65. The molecule has 1 aromatic carbocycles. The second kappa shape index (κ2) is 4.41. The van der Waals surface area contributed by atoms with E-state index in [1.807, 2.05) is 33.7 Å². The fourth-order valence-electron chi connectivity index (χ4n) is 1.95. The minimum Gasteiger partial charge on any atom is -0.322 e. The van der Waals surface area contributed by atoms with E-state index in [9.17, 15) is 10.1 Å². The van der Waals surface area contributed by atoms with Crippen LogP contribution in [-0.2, 0) is 0 Å². The highest BCUT2D eigenvalue weighted by molar-refractivity contribution is 5.58. The quantitative estimate of drug-likeness (QED) is 0.533. The van der Waals surface area contributed by atoms with Gasteiger partial charge < -0.3 is 9.13 Å². The van der Waals surface area contributed by atoms with Crippen molar-refractivity contribution < 1.29 is 4.92 Å². The average Bonchev–Trinajstić information content (AvgIpc) is 3.11. The number of nitro groups is 1. The summed E-state index contributed by atoms with van der Waals surface area (Å²) in [6.07, 6.45) is 8.82. The van der Waals surface area contributed by atoms with Crippen LogP contribution >= 0.6 is 0 Å². The molecule has 0 aliphatic carbocycles. The number of hydrogen-bond acceptors (Lipinski definition) is 3. The summed E-state index contributed by atoms with van der Waals surface area (Å²) in [5.41, 5.74) is 1.63. The van der Waals surface area contributed by atoms with Crippen molar-refractivity contribution in [3.05, 3.63) is 71.6 Å². The number of hydrogen-bond donors (Lipinski definition) is 0. The van der Waals surface area contributed by atoms with Gasteiger partial charge in [0.2, 0.25) is 0 Å². The highest BCUT2D eigenvalue weighted by Crippen LogP contribution is 2.24. The Morgan fingerprint density at radius 3 is 2.47 bits per heavy atom. The van der Waals surface area contributed by atoms with Crippen molar-refractivity contribution in [2.24, 2.45) is 0 Å². The first-order valence-electron chi connectivity index (χ1n) is 5.66. The van der Waals surface area contributed by atoms with Crippen molar-refractivity contribution in [1.29, 1.82) is 0 Å². The van der Waals surface area contributed by atoms with Gasteiger partial charge >= 0.3 is 0 Å². The minimum absolute atomic E-state index is 0.0626. The van der Waals surface area contributed by atoms with Crippen molar-refractivity contribution in [3.63, 3.8) is 0 Å². The fraction of sp³-hybridized carbons (Fsp3) is 0. The van der Waals surface area contributed by atoms with Crippen molar-refractivity contribution in [3.8, 4) is 11.4 Å². The number of imidazole rings is 1. The van der Waals surface area contributed by atoms with Crippen LogP contribution in [0.2, 0.25) is 0 Å². The molecule has 0 atom stereocenters. The van der Waals surface area contributed by atoms with Gasteiger partial charge in [-0.25, -0.2) is 4.98 Å². The standard InChI is InChI=1S/C13H10N4O2/c18-17(19)11-3-4-12(16-8-5-14-10-16)13(9-11)15-6-1-2-7-15/h1-10H. The predicted molar refractivity (Wildman–Crippen MR) is 69.5 cm³/mol. The zero-order chi connectivity index (χ0) is 13.2. The highest BCUT2D eigenvalue weighted by Gasteiger charge is 2.12. The molecule has 94 valence electrons. The number of nitro benzene ring substituents is 1. The summed E-state index contributed by atoms with van der Waals surface area (Å²) in [5.74, 6) is 0. The van der Waals surface area contributed by atoms with Crippen molar-refractivity contribution in [1.82, 2.24) is 14.1 Å². The Morgan fingerprint density at radius 2 is 1.84 bits per heavy atom. The molecule has 0 saturated heterocycles. The zero-order valence-corrected chi connectivity index (χ0v) is 9.88. The van der Waals surface area contributed by atoms with Gasteiger partial charge in [-0.1, -0.05) is 0 Å². The zero-order valence-electron chi connectivity index (χ0n) is 9.88. The molecule has 0 fully saturated rings. The van der Waals surface area contributed by atoms with E-state index in [2.05, 4.69) is 4.98 Å². The van der Waals surface area contributed by atoms with E-state index in [1.165, 1.54) is 6.07 Å². The van der Waals surface area contributed by atoms with Gasteiger partial charge in [0.1, 0.15) is 0 Å². The SMILES string of the molecule is O=[N+]([O-])c1ccc(-n2ccnc2)c(-n2cccc2)c1. The first-order valence-corrected chi connectivity index (χ1v) is 5.66. The average molecular weight is 254 g/mol. The monoisotopic (exact) mass is 254 g/mol. The third-order valence-corrected chi connectivity index (χ3v) is 2.84. The van der Waals surface area contributed by atoms with Crippen LogP contribution in [0, 0.1) is 10.1 Å². The molecule has 0 unspecified atom stereocenters. The molecule has 19 heavy (non-hydrogen) atoms. The summed E-state index contributed by atoms with van der Waals surface area (Å²) in [6, 6.07) is 8.50. The Labute approximate surface area is 108 Å². The molecule has 0 radical (unpaired) electrons. The Kier molecular flexibility index (Phi) is 2.60. The first-order chi connectivity index (χ1) is 9.25. The number of rotatable bonds is 3. The van der Waals surface area contributed by atoms with E-state index < -0.39 is 4.92 Å². The maximum absolute atomic E-state index is 10.9. The Balaban J connectivity index is 2.22. The highest BCUT2D eigenvalue weighted by atomic mass is 16.6. The lowest BCUT2D eigenvalue weighted by atomic mass is 10.2. The molecule has 2 heterocycles. The van der Waals surface area contributed by atoms with Crippen LogP contribution < -0.4 is 0 Å². The molecule has 3 aromatic rings. The van der Waals surface area contributed by atoms with Gasteiger partial charge in [0.15, 0.2) is 0 Å². The van der Waals surface area contributed by atoms with Gasteiger partial charge in [-0.3, -0.25) is 10.1 Å². The van der Waals surface area contributed by atoms with Gasteiger partial charge in [0, 0.05) is 36.9 Å². The molecular formula is C13H10N4O2. The number of non-ortho nitro benzene ring substituents is 1. The van der Waals surface area contributed by atoms with Crippen molar-refractivity contribution >= 4 is 5.69 Å². The lowest BCUT2D eigenvalue weighted by Gasteiger charge is -2.11. The van der Waals surface area contributed by atoms with Gasteiger partial charge in [-0.2, -0.15) is 0 Å². The third-order valence-electron chi connectivity index (χ3n) is 2.84. The van der Waals surface area contributed by atoms with Crippen LogP contribution in [0.1, 0.15) is 0 Å². The van der Waals surface area contributed by atoms with E-state index in [0.29, 0.717) is 0 Å². The number of nitrogens with zero attached hydrogens (tertiary/aromatic N) is 4. The van der Waals surface area contributed by atoms with E-state index in [1.54, 1.807) is 30.9 Å². The van der Waals surface area contributed by atoms with Gasteiger partial charge in [0.25, 0.3) is 5.69 Å². The molecule has 0 bridgehead atoms. The molecule has 0 N–H and O–H groups in total. The maximum atomic E-state index is 10.9. The predicted octanol–water partition coefficient (Wildman–Crippen LogP) is 2.57. The lowest BCUT2D eigenvalue weighted by Crippen LogP contribution is -2.01. The molecule has 2 aromatic heterocycles. The Hall–Kier alpha value is -2.89. The van der Waals surface area contributed by atoms with Crippen LogP contribution in [0.5, 0.6) is 0 Å². The minimum atomic E-state index is -0.398. The second-order valence-electron chi connectivity index (χ2n) is 3.99. The molecule has 6 nitrogen and oxygen atoms in total.